The number of allylic oxidation sites excluding steroid dienone is 1. The average Bonchev–Trinajstić information content (AvgIpc) is 3.26. The summed E-state index contributed by atoms with van der Waals surface area (Å²) in [5, 5.41) is 7.07. The summed E-state index contributed by atoms with van der Waals surface area (Å²) in [6.45, 7) is 5.91. The second-order valence-corrected chi connectivity index (χ2v) is 7.87. The van der Waals surface area contributed by atoms with Gasteiger partial charge in [0.05, 0.1) is 11.6 Å². The molecular weight excluding hydrogens is 415 g/mol. The first-order chi connectivity index (χ1) is 15.0. The molecule has 3 aromatic rings. The molecule has 6 nitrogen and oxygen atoms in total. The van der Waals surface area contributed by atoms with Gasteiger partial charge in [0.25, 0.3) is 5.89 Å². The minimum Gasteiger partial charge on any atom is -0.334 e. The van der Waals surface area contributed by atoms with Crippen LogP contribution >= 0.6 is 11.8 Å². The molecule has 0 radical (unpaired) electrons. The first kappa shape index (κ1) is 20.9. The highest BCUT2D eigenvalue weighted by Gasteiger charge is 2.35. The molecule has 2 heterocycles. The Hall–Kier alpha value is -3.39. The zero-order valence-corrected chi connectivity index (χ0v) is 17.9. The van der Waals surface area contributed by atoms with Crippen molar-refractivity contribution in [2.45, 2.75) is 17.9 Å². The number of urea groups is 1. The van der Waals surface area contributed by atoms with Gasteiger partial charge in [0.1, 0.15) is 5.82 Å². The molecule has 4 rings (SSSR count). The molecule has 0 bridgehead atoms. The monoisotopic (exact) mass is 436 g/mol. The molecule has 31 heavy (non-hydrogen) atoms. The summed E-state index contributed by atoms with van der Waals surface area (Å²) >= 11 is 1.64. The van der Waals surface area contributed by atoms with Crippen LogP contribution in [0.25, 0.3) is 17.0 Å². The van der Waals surface area contributed by atoms with Gasteiger partial charge in [-0.1, -0.05) is 35.5 Å². The van der Waals surface area contributed by atoms with Gasteiger partial charge in [-0.25, -0.2) is 9.18 Å². The Kier molecular flexibility index (Phi) is 5.90. The van der Waals surface area contributed by atoms with Crippen molar-refractivity contribution < 1.29 is 13.7 Å². The van der Waals surface area contributed by atoms with Gasteiger partial charge in [-0.05, 0) is 43.0 Å². The van der Waals surface area contributed by atoms with E-state index in [1.807, 2.05) is 37.4 Å². The topological polar surface area (TPSA) is 71.3 Å². The molecule has 0 aliphatic carbocycles. The van der Waals surface area contributed by atoms with Crippen LogP contribution in [0.1, 0.15) is 24.4 Å². The molecule has 1 aromatic heterocycles. The lowest BCUT2D eigenvalue weighted by molar-refractivity contribution is 0.209. The Morgan fingerprint density at radius 3 is 2.74 bits per heavy atom. The highest BCUT2D eigenvalue weighted by molar-refractivity contribution is 7.98. The quantitative estimate of drug-likeness (QED) is 0.420. The molecule has 2 aromatic carbocycles. The molecule has 8 heteroatoms. The SMILES string of the molecule is C=CCN1C(=O)NC(c2ccc(SC)cc2)C(c2nc(-c3cccc(F)c3)no2)=C1C. The lowest BCUT2D eigenvalue weighted by Crippen LogP contribution is -2.46. The minimum absolute atomic E-state index is 0.232. The molecule has 1 aliphatic heterocycles. The molecule has 1 N–H and O–H groups in total. The van der Waals surface area contributed by atoms with Gasteiger partial charge >= 0.3 is 6.03 Å². The largest absolute Gasteiger partial charge is 0.334 e. The van der Waals surface area contributed by atoms with E-state index in [0.717, 1.165) is 10.5 Å². The summed E-state index contributed by atoms with van der Waals surface area (Å²) < 4.78 is 19.2. The van der Waals surface area contributed by atoms with E-state index in [4.69, 9.17) is 4.52 Å². The second kappa shape index (κ2) is 8.77. The summed E-state index contributed by atoms with van der Waals surface area (Å²) in [4.78, 5) is 20.0. The van der Waals surface area contributed by atoms with Crippen molar-refractivity contribution >= 4 is 23.4 Å². The zero-order chi connectivity index (χ0) is 22.0. The van der Waals surface area contributed by atoms with Gasteiger partial charge in [0.2, 0.25) is 5.82 Å². The molecule has 0 saturated carbocycles. The zero-order valence-electron chi connectivity index (χ0n) is 17.1. The van der Waals surface area contributed by atoms with E-state index in [2.05, 4.69) is 22.0 Å². The van der Waals surface area contributed by atoms with Crippen LogP contribution in [0.2, 0.25) is 0 Å². The lowest BCUT2D eigenvalue weighted by atomic mass is 9.94. The van der Waals surface area contributed by atoms with Crippen molar-refractivity contribution in [3.8, 4) is 11.4 Å². The average molecular weight is 437 g/mol. The van der Waals surface area contributed by atoms with Crippen molar-refractivity contribution in [3.05, 3.63) is 84.2 Å². The van der Waals surface area contributed by atoms with Crippen LogP contribution in [0.15, 0.2) is 76.3 Å². The van der Waals surface area contributed by atoms with E-state index in [-0.39, 0.29) is 23.6 Å². The number of thioether (sulfide) groups is 1. The third-order valence-corrected chi connectivity index (χ3v) is 5.84. The van der Waals surface area contributed by atoms with Crippen molar-refractivity contribution in [2.75, 3.05) is 12.8 Å². The minimum atomic E-state index is -0.467. The van der Waals surface area contributed by atoms with E-state index in [1.54, 1.807) is 34.9 Å². The highest BCUT2D eigenvalue weighted by atomic mass is 32.2. The summed E-state index contributed by atoms with van der Waals surface area (Å²) in [5.41, 5.74) is 2.78. The van der Waals surface area contributed by atoms with Gasteiger partial charge in [-0.3, -0.25) is 4.90 Å². The molecular formula is C23H21FN4O2S. The molecule has 0 fully saturated rings. The number of hydrogen-bond acceptors (Lipinski definition) is 5. The number of nitrogens with zero attached hydrogens (tertiary/aromatic N) is 3. The fourth-order valence-corrected chi connectivity index (χ4v) is 3.94. The Morgan fingerprint density at radius 1 is 1.29 bits per heavy atom. The number of benzene rings is 2. The van der Waals surface area contributed by atoms with Crippen molar-refractivity contribution in [1.29, 1.82) is 0 Å². The smallest absolute Gasteiger partial charge is 0.322 e. The predicted molar refractivity (Wildman–Crippen MR) is 119 cm³/mol. The normalized spacial score (nSPS) is 16.4. The van der Waals surface area contributed by atoms with Crippen LogP contribution in [-0.2, 0) is 0 Å². The third kappa shape index (κ3) is 4.11. The number of nitrogens with one attached hydrogen (secondary N) is 1. The van der Waals surface area contributed by atoms with E-state index in [1.165, 1.54) is 12.1 Å². The van der Waals surface area contributed by atoms with Gasteiger partial charge in [-0.15, -0.1) is 18.3 Å². The van der Waals surface area contributed by atoms with Crippen molar-refractivity contribution in [2.24, 2.45) is 0 Å². The van der Waals surface area contributed by atoms with E-state index >= 15 is 0 Å². The van der Waals surface area contributed by atoms with Gasteiger partial charge in [-0.2, -0.15) is 4.98 Å². The summed E-state index contributed by atoms with van der Waals surface area (Å²) in [7, 11) is 0. The standard InChI is InChI=1S/C23H21FN4O2S/c1-4-12-28-14(2)19(20(25-23(28)29)15-8-10-18(31-3)11-9-15)22-26-21(27-30-22)16-6-5-7-17(24)13-16/h4-11,13,20H,1,12H2,2-3H3,(H,25,29). The molecule has 1 atom stereocenters. The molecule has 2 amide bonds. The number of rotatable bonds is 6. The van der Waals surface area contributed by atoms with Crippen LogP contribution in [0.4, 0.5) is 9.18 Å². The molecule has 1 aliphatic rings. The van der Waals surface area contributed by atoms with Crippen LogP contribution in [0, 0.1) is 5.82 Å². The first-order valence-corrected chi connectivity index (χ1v) is 10.9. The number of carbonyl (C=O) groups excluding carboxylic acids is 1. The second-order valence-electron chi connectivity index (χ2n) is 6.99. The van der Waals surface area contributed by atoms with Crippen LogP contribution in [0.5, 0.6) is 0 Å². The lowest BCUT2D eigenvalue weighted by Gasteiger charge is -2.34. The van der Waals surface area contributed by atoms with E-state index < -0.39 is 6.04 Å². The number of carbonyl (C=O) groups is 1. The number of amides is 2. The van der Waals surface area contributed by atoms with Crippen LogP contribution < -0.4 is 5.32 Å². The maximum absolute atomic E-state index is 13.6. The molecule has 0 spiro atoms. The molecule has 1 unspecified atom stereocenters. The highest BCUT2D eigenvalue weighted by Crippen LogP contribution is 2.37. The Labute approximate surface area is 183 Å². The molecule has 0 saturated heterocycles. The Morgan fingerprint density at radius 2 is 2.06 bits per heavy atom. The van der Waals surface area contributed by atoms with Crippen LogP contribution in [0.3, 0.4) is 0 Å². The summed E-state index contributed by atoms with van der Waals surface area (Å²) in [5.74, 6) is 0.163. The van der Waals surface area contributed by atoms with Gasteiger partial charge in [0, 0.05) is 22.7 Å². The van der Waals surface area contributed by atoms with E-state index in [9.17, 15) is 9.18 Å². The summed E-state index contributed by atoms with van der Waals surface area (Å²) in [6, 6.07) is 13.3. The third-order valence-electron chi connectivity index (χ3n) is 5.10. The maximum atomic E-state index is 13.6. The van der Waals surface area contributed by atoms with Crippen molar-refractivity contribution in [1.82, 2.24) is 20.4 Å². The number of halogens is 1. The van der Waals surface area contributed by atoms with E-state index in [0.29, 0.717) is 23.4 Å². The fourth-order valence-electron chi connectivity index (χ4n) is 3.53. The Bertz CT molecular complexity index is 1160. The van der Waals surface area contributed by atoms with Gasteiger partial charge < -0.3 is 9.84 Å². The Balaban J connectivity index is 1.81. The van der Waals surface area contributed by atoms with Crippen LogP contribution in [-0.4, -0.2) is 33.9 Å². The van der Waals surface area contributed by atoms with Crippen molar-refractivity contribution in [3.63, 3.8) is 0 Å². The number of aromatic nitrogens is 2. The summed E-state index contributed by atoms with van der Waals surface area (Å²) in [6.07, 6.45) is 3.66. The maximum Gasteiger partial charge on any atom is 0.322 e. The van der Waals surface area contributed by atoms with Gasteiger partial charge in [0.15, 0.2) is 0 Å². The predicted octanol–water partition coefficient (Wildman–Crippen LogP) is 5.28. The first-order valence-electron chi connectivity index (χ1n) is 9.65. The number of hydrogen-bond donors (Lipinski definition) is 1. The fraction of sp³-hybridized carbons (Fsp3) is 0.174. The molecule has 158 valence electrons.